The van der Waals surface area contributed by atoms with Gasteiger partial charge < -0.3 is 9.32 Å². The monoisotopic (exact) mass is 603 g/mol. The Bertz CT molecular complexity index is 2530. The number of hydrogen-bond acceptors (Lipinski definition) is 3. The summed E-state index contributed by atoms with van der Waals surface area (Å²) in [6, 6.07) is 59.2. The zero-order valence-electron chi connectivity index (χ0n) is 25.5. The largest absolute Gasteiger partial charge is 0.455 e. The molecule has 0 saturated heterocycles. The highest BCUT2D eigenvalue weighted by molar-refractivity contribution is 6.09. The number of hydrogen-bond donors (Lipinski definition) is 0. The maximum Gasteiger partial charge on any atom is 0.143 e. The van der Waals surface area contributed by atoms with Gasteiger partial charge in [0.25, 0.3) is 0 Å². The SMILES string of the molecule is c1ccc(-c2nc3ccccn3c2-c2cccc(N(c3ccccc3)c3cccc(-c4cccc5c4oc4ccccc45)c3)c2)cc1. The summed E-state index contributed by atoms with van der Waals surface area (Å²) in [6.45, 7) is 0. The first-order chi connectivity index (χ1) is 23.3. The zero-order chi connectivity index (χ0) is 31.2. The maximum absolute atomic E-state index is 6.43. The molecule has 9 rings (SSSR count). The van der Waals surface area contributed by atoms with Crippen molar-refractivity contribution in [2.75, 3.05) is 4.90 Å². The number of para-hydroxylation sites is 3. The molecular weight excluding hydrogens is 574 g/mol. The lowest BCUT2D eigenvalue weighted by atomic mass is 10.0. The Labute approximate surface area is 272 Å². The Balaban J connectivity index is 1.21. The quantitative estimate of drug-likeness (QED) is 0.190. The predicted molar refractivity (Wildman–Crippen MR) is 193 cm³/mol. The van der Waals surface area contributed by atoms with Gasteiger partial charge in [-0.1, -0.05) is 115 Å². The van der Waals surface area contributed by atoms with Gasteiger partial charge in [-0.05, 0) is 60.2 Å². The van der Waals surface area contributed by atoms with Gasteiger partial charge in [-0.15, -0.1) is 0 Å². The number of nitrogens with zero attached hydrogens (tertiary/aromatic N) is 3. The Morgan fingerprint density at radius 3 is 1.94 bits per heavy atom. The molecule has 0 aliphatic rings. The lowest BCUT2D eigenvalue weighted by Gasteiger charge is -2.26. The molecule has 9 aromatic rings. The summed E-state index contributed by atoms with van der Waals surface area (Å²) in [5.74, 6) is 0. The fourth-order valence-corrected chi connectivity index (χ4v) is 6.67. The number of benzene rings is 6. The van der Waals surface area contributed by atoms with E-state index in [4.69, 9.17) is 9.40 Å². The third kappa shape index (κ3) is 4.66. The minimum Gasteiger partial charge on any atom is -0.455 e. The second-order valence-corrected chi connectivity index (χ2v) is 11.7. The summed E-state index contributed by atoms with van der Waals surface area (Å²) in [7, 11) is 0. The van der Waals surface area contributed by atoms with Gasteiger partial charge in [-0.2, -0.15) is 0 Å². The third-order valence-corrected chi connectivity index (χ3v) is 8.79. The highest BCUT2D eigenvalue weighted by Gasteiger charge is 2.19. The summed E-state index contributed by atoms with van der Waals surface area (Å²) in [5.41, 5.74) is 12.3. The number of fused-ring (bicyclic) bond motifs is 4. The normalized spacial score (nSPS) is 11.4. The highest BCUT2D eigenvalue weighted by Crippen LogP contribution is 2.41. The molecule has 4 nitrogen and oxygen atoms in total. The minimum absolute atomic E-state index is 0.899. The molecule has 0 aliphatic carbocycles. The Kier molecular flexibility index (Phi) is 6.43. The van der Waals surface area contributed by atoms with Crippen LogP contribution in [0.2, 0.25) is 0 Å². The van der Waals surface area contributed by atoms with Crippen molar-refractivity contribution in [3.63, 3.8) is 0 Å². The summed E-state index contributed by atoms with van der Waals surface area (Å²) in [6.07, 6.45) is 2.09. The van der Waals surface area contributed by atoms with Crippen molar-refractivity contribution in [3.05, 3.63) is 176 Å². The first-order valence-electron chi connectivity index (χ1n) is 15.8. The van der Waals surface area contributed by atoms with Crippen LogP contribution in [0.4, 0.5) is 17.1 Å². The molecular formula is C43H29N3O. The average Bonchev–Trinajstić information content (AvgIpc) is 3.72. The van der Waals surface area contributed by atoms with Crippen LogP contribution in [0.15, 0.2) is 180 Å². The molecule has 0 amide bonds. The van der Waals surface area contributed by atoms with E-state index in [1.54, 1.807) is 0 Å². The predicted octanol–water partition coefficient (Wildman–Crippen LogP) is 11.7. The molecule has 0 N–H and O–H groups in total. The van der Waals surface area contributed by atoms with E-state index in [9.17, 15) is 0 Å². The lowest BCUT2D eigenvalue weighted by molar-refractivity contribution is 0.670. The molecule has 6 aromatic carbocycles. The van der Waals surface area contributed by atoms with Crippen molar-refractivity contribution in [2.24, 2.45) is 0 Å². The van der Waals surface area contributed by atoms with E-state index in [0.717, 1.165) is 78.3 Å². The maximum atomic E-state index is 6.43. The van der Waals surface area contributed by atoms with Crippen molar-refractivity contribution in [1.29, 1.82) is 0 Å². The van der Waals surface area contributed by atoms with Crippen LogP contribution >= 0.6 is 0 Å². The molecule has 4 heteroatoms. The van der Waals surface area contributed by atoms with E-state index in [2.05, 4.69) is 161 Å². The van der Waals surface area contributed by atoms with Crippen LogP contribution in [0.5, 0.6) is 0 Å². The van der Waals surface area contributed by atoms with E-state index >= 15 is 0 Å². The first kappa shape index (κ1) is 27.0. The number of aromatic nitrogens is 2. The van der Waals surface area contributed by atoms with Crippen LogP contribution in [-0.4, -0.2) is 9.38 Å². The molecule has 0 saturated carbocycles. The van der Waals surface area contributed by atoms with Gasteiger partial charge in [0, 0.05) is 50.7 Å². The molecule has 0 radical (unpaired) electrons. The topological polar surface area (TPSA) is 33.7 Å². The van der Waals surface area contributed by atoms with Crippen molar-refractivity contribution < 1.29 is 4.42 Å². The van der Waals surface area contributed by atoms with Crippen LogP contribution in [0, 0.1) is 0 Å². The summed E-state index contributed by atoms with van der Waals surface area (Å²) < 4.78 is 8.61. The van der Waals surface area contributed by atoms with Gasteiger partial charge in [0.05, 0.1) is 11.4 Å². The van der Waals surface area contributed by atoms with Gasteiger partial charge in [0.15, 0.2) is 0 Å². The molecule has 0 spiro atoms. The lowest BCUT2D eigenvalue weighted by Crippen LogP contribution is -2.10. The second kappa shape index (κ2) is 11.2. The molecule has 3 heterocycles. The van der Waals surface area contributed by atoms with Gasteiger partial charge in [-0.3, -0.25) is 4.40 Å². The van der Waals surface area contributed by atoms with E-state index in [1.807, 2.05) is 24.3 Å². The minimum atomic E-state index is 0.899. The summed E-state index contributed by atoms with van der Waals surface area (Å²) >= 11 is 0. The summed E-state index contributed by atoms with van der Waals surface area (Å²) in [5, 5.41) is 2.25. The van der Waals surface area contributed by atoms with Crippen molar-refractivity contribution in [2.45, 2.75) is 0 Å². The van der Waals surface area contributed by atoms with Gasteiger partial charge in [0.1, 0.15) is 16.8 Å². The number of rotatable bonds is 6. The molecule has 3 aromatic heterocycles. The number of pyridine rings is 1. The summed E-state index contributed by atoms with van der Waals surface area (Å²) in [4.78, 5) is 7.39. The highest BCUT2D eigenvalue weighted by atomic mass is 16.3. The second-order valence-electron chi connectivity index (χ2n) is 11.7. The van der Waals surface area contributed by atoms with Crippen molar-refractivity contribution in [3.8, 4) is 33.6 Å². The van der Waals surface area contributed by atoms with E-state index in [1.165, 1.54) is 0 Å². The Morgan fingerprint density at radius 2 is 1.11 bits per heavy atom. The molecule has 0 unspecified atom stereocenters. The van der Waals surface area contributed by atoms with Gasteiger partial charge in [-0.25, -0.2) is 4.98 Å². The third-order valence-electron chi connectivity index (χ3n) is 8.79. The molecule has 47 heavy (non-hydrogen) atoms. The molecule has 0 aliphatic heterocycles. The van der Waals surface area contributed by atoms with Crippen LogP contribution in [0.1, 0.15) is 0 Å². The number of anilines is 3. The molecule has 222 valence electrons. The molecule has 0 fully saturated rings. The molecule has 0 bridgehead atoms. The van der Waals surface area contributed by atoms with Gasteiger partial charge >= 0.3 is 0 Å². The average molecular weight is 604 g/mol. The van der Waals surface area contributed by atoms with E-state index < -0.39 is 0 Å². The smallest absolute Gasteiger partial charge is 0.143 e. The standard InChI is InChI=1S/C43H29N3O/c1-3-14-30(15-4-1)41-42(45-27-10-9-26-40(45)44-41)32-17-12-21-35(29-32)46(33-18-5-2-6-19-33)34-20-11-16-31(28-34)36-23-13-24-38-37-22-7-8-25-39(37)47-43(36)38/h1-29H. The number of furan rings is 1. The fraction of sp³-hybridized carbons (Fsp3) is 0. The van der Waals surface area contributed by atoms with Gasteiger partial charge in [0.2, 0.25) is 0 Å². The molecule has 0 atom stereocenters. The van der Waals surface area contributed by atoms with Crippen LogP contribution in [-0.2, 0) is 0 Å². The zero-order valence-corrected chi connectivity index (χ0v) is 25.5. The van der Waals surface area contributed by atoms with Crippen molar-refractivity contribution in [1.82, 2.24) is 9.38 Å². The van der Waals surface area contributed by atoms with Crippen LogP contribution in [0.3, 0.4) is 0 Å². The van der Waals surface area contributed by atoms with E-state index in [-0.39, 0.29) is 0 Å². The van der Waals surface area contributed by atoms with Crippen molar-refractivity contribution >= 4 is 44.6 Å². The fourth-order valence-electron chi connectivity index (χ4n) is 6.67. The Hall–Kier alpha value is -6.39. The van der Waals surface area contributed by atoms with Crippen LogP contribution in [0.25, 0.3) is 61.2 Å². The first-order valence-corrected chi connectivity index (χ1v) is 15.8. The number of imidazole rings is 1. The Morgan fingerprint density at radius 1 is 0.489 bits per heavy atom. The van der Waals surface area contributed by atoms with E-state index in [0.29, 0.717) is 0 Å². The van der Waals surface area contributed by atoms with Crippen LogP contribution < -0.4 is 4.90 Å².